The van der Waals surface area contributed by atoms with Gasteiger partial charge in [-0.15, -0.1) is 0 Å². The Morgan fingerprint density at radius 1 is 1.33 bits per heavy atom. The average Bonchev–Trinajstić information content (AvgIpc) is 2.29. The van der Waals surface area contributed by atoms with Crippen LogP contribution in [0.5, 0.6) is 5.75 Å². The number of nitrogens with one attached hydrogen (secondary N) is 1. The Balaban J connectivity index is 2.46. The summed E-state index contributed by atoms with van der Waals surface area (Å²) in [4.78, 5) is 0. The van der Waals surface area contributed by atoms with Gasteiger partial charge in [-0.3, -0.25) is 4.39 Å². The molecule has 0 radical (unpaired) electrons. The molecule has 0 aliphatic rings. The summed E-state index contributed by atoms with van der Waals surface area (Å²) in [6.45, 7) is 2.52. The molecule has 0 amide bonds. The number of alkyl halides is 1. The van der Waals surface area contributed by atoms with Gasteiger partial charge in [-0.25, -0.2) is 0 Å². The van der Waals surface area contributed by atoms with E-state index in [2.05, 4.69) is 12.2 Å². The molecule has 0 saturated heterocycles. The maximum absolute atomic E-state index is 11.9. The first-order valence-electron chi connectivity index (χ1n) is 5.21. The van der Waals surface area contributed by atoms with Crippen molar-refractivity contribution in [3.63, 3.8) is 0 Å². The number of hydrogen-bond acceptors (Lipinski definition) is 2. The maximum atomic E-state index is 11.9. The predicted molar refractivity (Wildman–Crippen MR) is 60.0 cm³/mol. The Hall–Kier alpha value is -1.09. The molecule has 3 heteroatoms. The van der Waals surface area contributed by atoms with Gasteiger partial charge in [0.25, 0.3) is 0 Å². The third kappa shape index (κ3) is 3.88. The second-order valence-electron chi connectivity index (χ2n) is 3.49. The van der Waals surface area contributed by atoms with Crippen molar-refractivity contribution in [1.82, 2.24) is 5.32 Å². The zero-order valence-electron chi connectivity index (χ0n) is 9.29. The van der Waals surface area contributed by atoms with Crippen LogP contribution >= 0.6 is 0 Å². The van der Waals surface area contributed by atoms with E-state index >= 15 is 0 Å². The highest BCUT2D eigenvalue weighted by Gasteiger charge is 2.03. The summed E-state index contributed by atoms with van der Waals surface area (Å²) in [5.41, 5.74) is 1.19. The molecule has 0 fully saturated rings. The fourth-order valence-corrected chi connectivity index (χ4v) is 1.40. The predicted octanol–water partition coefficient (Wildman–Crippen LogP) is 2.71. The third-order valence-corrected chi connectivity index (χ3v) is 2.38. The Bertz CT molecular complexity index is 273. The quantitative estimate of drug-likeness (QED) is 0.730. The zero-order chi connectivity index (χ0) is 11.1. The minimum absolute atomic E-state index is 0.252. The Morgan fingerprint density at radius 3 is 2.53 bits per heavy atom. The third-order valence-electron chi connectivity index (χ3n) is 2.38. The molecular formula is C12H18FNO. The molecule has 0 aliphatic carbocycles. The van der Waals surface area contributed by atoms with Crippen molar-refractivity contribution in [3.05, 3.63) is 29.8 Å². The van der Waals surface area contributed by atoms with E-state index in [-0.39, 0.29) is 12.7 Å². The molecule has 0 saturated carbocycles. The van der Waals surface area contributed by atoms with Crippen LogP contribution in [0.25, 0.3) is 0 Å². The van der Waals surface area contributed by atoms with Gasteiger partial charge in [0.1, 0.15) is 5.75 Å². The van der Waals surface area contributed by atoms with Gasteiger partial charge in [0.2, 0.25) is 0 Å². The van der Waals surface area contributed by atoms with Crippen molar-refractivity contribution in [2.75, 3.05) is 20.3 Å². The van der Waals surface area contributed by atoms with Crippen molar-refractivity contribution < 1.29 is 9.13 Å². The van der Waals surface area contributed by atoms with Crippen LogP contribution in [-0.4, -0.2) is 20.3 Å². The smallest absolute Gasteiger partial charge is 0.118 e. The molecule has 0 aliphatic heterocycles. The first-order valence-corrected chi connectivity index (χ1v) is 5.21. The highest BCUT2D eigenvalue weighted by molar-refractivity contribution is 5.28. The van der Waals surface area contributed by atoms with E-state index in [9.17, 15) is 4.39 Å². The van der Waals surface area contributed by atoms with Crippen LogP contribution in [-0.2, 0) is 0 Å². The van der Waals surface area contributed by atoms with E-state index in [1.54, 1.807) is 7.11 Å². The Morgan fingerprint density at radius 2 is 2.00 bits per heavy atom. The minimum Gasteiger partial charge on any atom is -0.497 e. The molecule has 0 aromatic heterocycles. The molecule has 15 heavy (non-hydrogen) atoms. The minimum atomic E-state index is -0.262. The summed E-state index contributed by atoms with van der Waals surface area (Å²) < 4.78 is 17.0. The molecule has 1 atom stereocenters. The van der Waals surface area contributed by atoms with Gasteiger partial charge < -0.3 is 10.1 Å². The van der Waals surface area contributed by atoms with Crippen LogP contribution < -0.4 is 10.1 Å². The SMILES string of the molecule is COc1ccc(C(C)NCCCF)cc1. The van der Waals surface area contributed by atoms with Crippen LogP contribution in [0.15, 0.2) is 24.3 Å². The van der Waals surface area contributed by atoms with Crippen molar-refractivity contribution in [1.29, 1.82) is 0 Å². The molecule has 2 nitrogen and oxygen atoms in total. The van der Waals surface area contributed by atoms with Gasteiger partial charge in [-0.05, 0) is 37.6 Å². The highest BCUT2D eigenvalue weighted by atomic mass is 19.1. The summed E-state index contributed by atoms with van der Waals surface area (Å²) in [5, 5.41) is 3.26. The van der Waals surface area contributed by atoms with Gasteiger partial charge in [0.05, 0.1) is 13.8 Å². The first-order chi connectivity index (χ1) is 7.27. The van der Waals surface area contributed by atoms with Gasteiger partial charge in [-0.2, -0.15) is 0 Å². The zero-order valence-corrected chi connectivity index (χ0v) is 9.29. The summed E-state index contributed by atoms with van der Waals surface area (Å²) in [5.74, 6) is 0.856. The summed E-state index contributed by atoms with van der Waals surface area (Å²) >= 11 is 0. The topological polar surface area (TPSA) is 21.3 Å². The normalized spacial score (nSPS) is 12.5. The van der Waals surface area contributed by atoms with Gasteiger partial charge in [0, 0.05) is 6.04 Å². The first kappa shape index (κ1) is 12.0. The Kier molecular flexibility index (Phi) is 5.12. The van der Waals surface area contributed by atoms with Gasteiger partial charge >= 0.3 is 0 Å². The number of rotatable bonds is 6. The van der Waals surface area contributed by atoms with Crippen molar-refractivity contribution >= 4 is 0 Å². The number of methoxy groups -OCH3 is 1. The lowest BCUT2D eigenvalue weighted by Crippen LogP contribution is -2.20. The van der Waals surface area contributed by atoms with Crippen LogP contribution in [0.1, 0.15) is 24.9 Å². The van der Waals surface area contributed by atoms with Gasteiger partial charge in [0.15, 0.2) is 0 Å². The number of ether oxygens (including phenoxy) is 1. The lowest BCUT2D eigenvalue weighted by Gasteiger charge is -2.13. The molecule has 0 bridgehead atoms. The summed E-state index contributed by atoms with van der Waals surface area (Å²) in [7, 11) is 1.65. The van der Waals surface area contributed by atoms with Crippen molar-refractivity contribution in [3.8, 4) is 5.75 Å². The molecule has 1 aromatic rings. The molecule has 1 aromatic carbocycles. The summed E-state index contributed by atoms with van der Waals surface area (Å²) in [6.07, 6.45) is 0.570. The fraction of sp³-hybridized carbons (Fsp3) is 0.500. The molecule has 1 unspecified atom stereocenters. The van der Waals surface area contributed by atoms with E-state index < -0.39 is 0 Å². The standard InChI is InChI=1S/C12H18FNO/c1-10(14-9-3-8-13)11-4-6-12(15-2)7-5-11/h4-7,10,14H,3,8-9H2,1-2H3. The van der Waals surface area contributed by atoms with E-state index in [4.69, 9.17) is 4.74 Å². The Labute approximate surface area is 90.4 Å². The second kappa shape index (κ2) is 6.40. The molecule has 1 rings (SSSR count). The fourth-order valence-electron chi connectivity index (χ4n) is 1.40. The lowest BCUT2D eigenvalue weighted by molar-refractivity contribution is 0.414. The molecular weight excluding hydrogens is 193 g/mol. The largest absolute Gasteiger partial charge is 0.497 e. The second-order valence-corrected chi connectivity index (χ2v) is 3.49. The highest BCUT2D eigenvalue weighted by Crippen LogP contribution is 2.16. The van der Waals surface area contributed by atoms with E-state index in [0.717, 1.165) is 5.75 Å². The van der Waals surface area contributed by atoms with Crippen molar-refractivity contribution in [2.24, 2.45) is 0 Å². The number of benzene rings is 1. The maximum Gasteiger partial charge on any atom is 0.118 e. The molecule has 0 heterocycles. The van der Waals surface area contributed by atoms with E-state index in [1.165, 1.54) is 5.56 Å². The van der Waals surface area contributed by atoms with E-state index in [1.807, 2.05) is 24.3 Å². The van der Waals surface area contributed by atoms with Crippen LogP contribution in [0, 0.1) is 0 Å². The lowest BCUT2D eigenvalue weighted by atomic mass is 10.1. The average molecular weight is 211 g/mol. The number of hydrogen-bond donors (Lipinski definition) is 1. The molecule has 1 N–H and O–H groups in total. The van der Waals surface area contributed by atoms with Crippen molar-refractivity contribution in [2.45, 2.75) is 19.4 Å². The van der Waals surface area contributed by atoms with Crippen LogP contribution in [0.4, 0.5) is 4.39 Å². The van der Waals surface area contributed by atoms with Crippen LogP contribution in [0.2, 0.25) is 0 Å². The van der Waals surface area contributed by atoms with Crippen LogP contribution in [0.3, 0.4) is 0 Å². The molecule has 84 valence electrons. The summed E-state index contributed by atoms with van der Waals surface area (Å²) in [6, 6.07) is 8.16. The van der Waals surface area contributed by atoms with Gasteiger partial charge in [-0.1, -0.05) is 12.1 Å². The monoisotopic (exact) mass is 211 g/mol. The van der Waals surface area contributed by atoms with E-state index in [0.29, 0.717) is 13.0 Å². The molecule has 0 spiro atoms. The number of halogens is 1.